The number of nitrogens with zero attached hydrogens (tertiary/aromatic N) is 1. The van der Waals surface area contributed by atoms with Crippen LogP contribution >= 0.6 is 0 Å². The van der Waals surface area contributed by atoms with Crippen LogP contribution in [-0.2, 0) is 27.4 Å². The van der Waals surface area contributed by atoms with Gasteiger partial charge in [-0.1, -0.05) is 24.3 Å². The molecule has 208 valence electrons. The van der Waals surface area contributed by atoms with E-state index in [-0.39, 0.29) is 5.91 Å². The molecule has 0 saturated carbocycles. The van der Waals surface area contributed by atoms with Crippen LogP contribution in [0.2, 0.25) is 0 Å². The van der Waals surface area contributed by atoms with Crippen molar-refractivity contribution in [2.45, 2.75) is 34.0 Å². The minimum Gasteiger partial charge on any atom is -0.496 e. The van der Waals surface area contributed by atoms with Crippen molar-refractivity contribution in [3.8, 4) is 33.8 Å². The second-order valence-electron chi connectivity index (χ2n) is 10.2. The monoisotopic (exact) mass is 533 g/mol. The average molecular weight is 534 g/mol. The summed E-state index contributed by atoms with van der Waals surface area (Å²) in [5.41, 5.74) is 8.83. The molecule has 0 aromatic heterocycles. The SMILES string of the molecule is COc1c2cc(C)cc1-c1cc(C)cc(c1C(=O)N(C)C)-c1cc(C)cc(c1OC)COCCOCCOC2. The second-order valence-corrected chi connectivity index (χ2v) is 10.2. The first-order valence-electron chi connectivity index (χ1n) is 13.2. The van der Waals surface area contributed by atoms with Gasteiger partial charge in [0, 0.05) is 36.3 Å². The zero-order valence-corrected chi connectivity index (χ0v) is 24.1. The molecule has 0 N–H and O–H groups in total. The highest BCUT2D eigenvalue weighted by Gasteiger charge is 2.26. The van der Waals surface area contributed by atoms with Crippen LogP contribution in [0.3, 0.4) is 0 Å². The van der Waals surface area contributed by atoms with E-state index in [4.69, 9.17) is 23.7 Å². The summed E-state index contributed by atoms with van der Waals surface area (Å²) in [5.74, 6) is 1.28. The maximum atomic E-state index is 14.0. The van der Waals surface area contributed by atoms with Gasteiger partial charge in [-0.05, 0) is 60.7 Å². The van der Waals surface area contributed by atoms with Crippen molar-refractivity contribution >= 4 is 5.91 Å². The maximum absolute atomic E-state index is 14.0. The number of ether oxygens (including phenoxy) is 5. The van der Waals surface area contributed by atoms with Crippen LogP contribution in [0.1, 0.15) is 38.2 Å². The van der Waals surface area contributed by atoms with Crippen LogP contribution in [0.25, 0.3) is 22.3 Å². The normalized spacial score (nSPS) is 14.2. The van der Waals surface area contributed by atoms with Crippen LogP contribution in [0.5, 0.6) is 11.5 Å². The molecule has 0 spiro atoms. The van der Waals surface area contributed by atoms with Crippen molar-refractivity contribution in [1.82, 2.24) is 4.90 Å². The summed E-state index contributed by atoms with van der Waals surface area (Å²) in [6, 6.07) is 12.4. The minimum atomic E-state index is -0.103. The molecule has 0 unspecified atom stereocenters. The molecule has 7 nitrogen and oxygen atoms in total. The number of methoxy groups -OCH3 is 2. The Kier molecular flexibility index (Phi) is 9.28. The number of amides is 1. The predicted octanol–water partition coefficient (Wildman–Crippen LogP) is 5.73. The lowest BCUT2D eigenvalue weighted by atomic mass is 9.86. The van der Waals surface area contributed by atoms with Gasteiger partial charge in [-0.2, -0.15) is 0 Å². The molecule has 0 fully saturated rings. The van der Waals surface area contributed by atoms with Crippen LogP contribution in [0.15, 0.2) is 36.4 Å². The van der Waals surface area contributed by atoms with Gasteiger partial charge in [0.2, 0.25) is 0 Å². The van der Waals surface area contributed by atoms with E-state index in [2.05, 4.69) is 36.4 Å². The maximum Gasteiger partial charge on any atom is 0.254 e. The van der Waals surface area contributed by atoms with Crippen LogP contribution in [0.4, 0.5) is 0 Å². The zero-order valence-electron chi connectivity index (χ0n) is 24.1. The molecular weight excluding hydrogens is 494 g/mol. The van der Waals surface area contributed by atoms with Crippen molar-refractivity contribution in [3.63, 3.8) is 0 Å². The molecule has 1 heterocycles. The van der Waals surface area contributed by atoms with E-state index in [0.29, 0.717) is 56.7 Å². The van der Waals surface area contributed by atoms with Crippen LogP contribution in [-0.4, -0.2) is 65.5 Å². The Bertz CT molecular complexity index is 1260. The van der Waals surface area contributed by atoms with E-state index < -0.39 is 0 Å². The molecule has 6 bridgehead atoms. The van der Waals surface area contributed by atoms with Gasteiger partial charge in [0.05, 0.1) is 59.4 Å². The highest BCUT2D eigenvalue weighted by atomic mass is 16.5. The molecule has 3 aromatic rings. The third-order valence-corrected chi connectivity index (χ3v) is 6.77. The topological polar surface area (TPSA) is 66.5 Å². The van der Waals surface area contributed by atoms with Crippen LogP contribution < -0.4 is 9.47 Å². The first kappa shape index (κ1) is 28.6. The van der Waals surface area contributed by atoms with Crippen molar-refractivity contribution in [3.05, 3.63) is 69.8 Å². The number of fused-ring (bicyclic) bond motifs is 8. The molecule has 0 atom stereocenters. The van der Waals surface area contributed by atoms with Gasteiger partial charge < -0.3 is 28.6 Å². The molecule has 4 rings (SSSR count). The fraction of sp³-hybridized carbons (Fsp3) is 0.406. The lowest BCUT2D eigenvalue weighted by molar-refractivity contribution is 0.00653. The molecule has 0 radical (unpaired) electrons. The Morgan fingerprint density at radius 2 is 1.03 bits per heavy atom. The molecule has 1 aliphatic heterocycles. The van der Waals surface area contributed by atoms with Gasteiger partial charge in [-0.3, -0.25) is 4.79 Å². The van der Waals surface area contributed by atoms with Crippen LogP contribution in [0, 0.1) is 20.8 Å². The van der Waals surface area contributed by atoms with E-state index in [1.807, 2.05) is 20.8 Å². The highest BCUT2D eigenvalue weighted by molar-refractivity contribution is 6.08. The quantitative estimate of drug-likeness (QED) is 0.429. The molecule has 1 aliphatic rings. The van der Waals surface area contributed by atoms with E-state index in [1.165, 1.54) is 0 Å². The Morgan fingerprint density at radius 1 is 0.641 bits per heavy atom. The van der Waals surface area contributed by atoms with Gasteiger partial charge in [0.1, 0.15) is 11.5 Å². The van der Waals surface area contributed by atoms with Crippen molar-refractivity contribution < 1.29 is 28.5 Å². The summed E-state index contributed by atoms with van der Waals surface area (Å²) >= 11 is 0. The highest BCUT2D eigenvalue weighted by Crippen LogP contribution is 2.44. The smallest absolute Gasteiger partial charge is 0.254 e. The number of carbonyl (C=O) groups excluding carboxylic acids is 1. The molecule has 7 heteroatoms. The molecule has 1 amide bonds. The summed E-state index contributed by atoms with van der Waals surface area (Å²) < 4.78 is 29.6. The Balaban J connectivity index is 2.09. The van der Waals surface area contributed by atoms with E-state index >= 15 is 0 Å². The van der Waals surface area contributed by atoms with Crippen molar-refractivity contribution in [2.75, 3.05) is 54.7 Å². The molecule has 0 saturated heterocycles. The first-order chi connectivity index (χ1) is 18.7. The number of aryl methyl sites for hydroxylation is 3. The van der Waals surface area contributed by atoms with E-state index in [9.17, 15) is 4.79 Å². The van der Waals surface area contributed by atoms with Crippen molar-refractivity contribution in [2.24, 2.45) is 0 Å². The Morgan fingerprint density at radius 3 is 1.44 bits per heavy atom. The van der Waals surface area contributed by atoms with Gasteiger partial charge in [0.25, 0.3) is 5.91 Å². The standard InChI is InChI=1S/C32H39NO6/c1-20-12-23-18-38-10-8-37-9-11-39-19-24-13-21(2)17-28(31(24)36-7)26-15-22(3)14-25(27(16-20)30(23)35-6)29(26)32(34)33(4)5/h12-17H,8-11,18-19H2,1-7H3. The lowest BCUT2D eigenvalue weighted by Crippen LogP contribution is -2.23. The average Bonchev–Trinajstić information content (AvgIpc) is 2.90. The number of benzene rings is 3. The number of rotatable bonds is 3. The number of hydrogen-bond acceptors (Lipinski definition) is 6. The van der Waals surface area contributed by atoms with E-state index in [1.54, 1.807) is 33.2 Å². The summed E-state index contributed by atoms with van der Waals surface area (Å²) in [7, 11) is 6.87. The zero-order chi connectivity index (χ0) is 28.1. The minimum absolute atomic E-state index is 0.103. The third-order valence-electron chi connectivity index (χ3n) is 6.77. The largest absolute Gasteiger partial charge is 0.496 e. The molecule has 39 heavy (non-hydrogen) atoms. The summed E-state index contributed by atoms with van der Waals surface area (Å²) in [6.45, 7) is 8.67. The molecule has 0 aliphatic carbocycles. The fourth-order valence-electron chi connectivity index (χ4n) is 5.16. The fourth-order valence-corrected chi connectivity index (χ4v) is 5.16. The first-order valence-corrected chi connectivity index (χ1v) is 13.2. The Labute approximate surface area is 231 Å². The number of carbonyl (C=O) groups is 1. The molecule has 3 aromatic carbocycles. The van der Waals surface area contributed by atoms with Gasteiger partial charge in [-0.15, -0.1) is 0 Å². The Hall–Kier alpha value is -3.39. The van der Waals surface area contributed by atoms with Gasteiger partial charge >= 0.3 is 0 Å². The third kappa shape index (κ3) is 6.27. The lowest BCUT2D eigenvalue weighted by Gasteiger charge is -2.24. The molecular formula is C32H39NO6. The number of hydrogen-bond donors (Lipinski definition) is 0. The summed E-state index contributed by atoms with van der Waals surface area (Å²) in [6.07, 6.45) is 0. The summed E-state index contributed by atoms with van der Waals surface area (Å²) in [4.78, 5) is 15.6. The van der Waals surface area contributed by atoms with Gasteiger partial charge in [-0.25, -0.2) is 0 Å². The second kappa shape index (κ2) is 12.6. The summed E-state index contributed by atoms with van der Waals surface area (Å²) in [5, 5.41) is 0. The van der Waals surface area contributed by atoms with Crippen molar-refractivity contribution in [1.29, 1.82) is 0 Å². The van der Waals surface area contributed by atoms with Gasteiger partial charge in [0.15, 0.2) is 0 Å². The predicted molar refractivity (Wildman–Crippen MR) is 153 cm³/mol. The van der Waals surface area contributed by atoms with E-state index in [0.717, 1.165) is 50.1 Å².